The number of nitrogens with one attached hydrogen (secondary N) is 1. The Balaban J connectivity index is 2.22. The Bertz CT molecular complexity index is 686. The highest BCUT2D eigenvalue weighted by Gasteiger charge is 2.22. The molecule has 1 amide bonds. The van der Waals surface area contributed by atoms with Gasteiger partial charge in [0.15, 0.2) is 0 Å². The van der Waals surface area contributed by atoms with Gasteiger partial charge in [0.25, 0.3) is 0 Å². The third-order valence-corrected chi connectivity index (χ3v) is 4.12. The highest BCUT2D eigenvalue weighted by Crippen LogP contribution is 2.37. The molecule has 1 aliphatic rings. The Morgan fingerprint density at radius 2 is 2.10 bits per heavy atom. The number of hydrogen-bond donors (Lipinski definition) is 1. The zero-order valence-electron chi connectivity index (χ0n) is 11.6. The molecule has 1 N–H and O–H groups in total. The molecule has 3 heteroatoms. The molecule has 3 rings (SSSR count). The molecule has 1 aliphatic heterocycles. The molecule has 102 valence electrons. The molecule has 2 aromatic carbocycles. The Kier molecular flexibility index (Phi) is 3.27. The van der Waals surface area contributed by atoms with Crippen LogP contribution in [0.2, 0.25) is 5.02 Å². The van der Waals surface area contributed by atoms with E-state index in [2.05, 4.69) is 37.4 Å². The highest BCUT2D eigenvalue weighted by molar-refractivity contribution is 6.33. The van der Waals surface area contributed by atoms with E-state index in [-0.39, 0.29) is 5.91 Å². The van der Waals surface area contributed by atoms with Crippen molar-refractivity contribution in [1.82, 2.24) is 0 Å². The van der Waals surface area contributed by atoms with Gasteiger partial charge in [-0.1, -0.05) is 30.7 Å². The fraction of sp³-hybridized carbons (Fsp3) is 0.235. The van der Waals surface area contributed by atoms with Crippen molar-refractivity contribution in [2.45, 2.75) is 26.7 Å². The number of carbonyl (C=O) groups is 1. The zero-order chi connectivity index (χ0) is 14.3. The summed E-state index contributed by atoms with van der Waals surface area (Å²) < 4.78 is 0. The molecular weight excluding hydrogens is 270 g/mol. The van der Waals surface area contributed by atoms with Crippen LogP contribution in [-0.4, -0.2) is 5.91 Å². The van der Waals surface area contributed by atoms with Crippen LogP contribution in [0.1, 0.15) is 23.6 Å². The highest BCUT2D eigenvalue weighted by atomic mass is 35.5. The van der Waals surface area contributed by atoms with Crippen molar-refractivity contribution in [3.63, 3.8) is 0 Å². The van der Waals surface area contributed by atoms with Crippen molar-refractivity contribution in [2.24, 2.45) is 0 Å². The monoisotopic (exact) mass is 285 g/mol. The van der Waals surface area contributed by atoms with Crippen LogP contribution in [0, 0.1) is 6.92 Å². The number of halogens is 1. The van der Waals surface area contributed by atoms with Crippen LogP contribution in [-0.2, 0) is 17.6 Å². The number of carbonyl (C=O) groups excluding carboxylic acids is 1. The average molecular weight is 286 g/mol. The summed E-state index contributed by atoms with van der Waals surface area (Å²) in [6, 6.07) is 10.1. The predicted octanol–water partition coefficient (Wildman–Crippen LogP) is 4.37. The Morgan fingerprint density at radius 3 is 2.80 bits per heavy atom. The summed E-state index contributed by atoms with van der Waals surface area (Å²) in [5.41, 5.74) is 6.54. The standard InChI is InChI=1S/C17H16ClNO/c1-3-11-7-12(8-13-9-15(20)19-17(11)13)16-10(2)5-4-6-14(16)18/h4-8H,3,9H2,1-2H3,(H,19,20). The van der Waals surface area contributed by atoms with Gasteiger partial charge in [0.05, 0.1) is 6.42 Å². The lowest BCUT2D eigenvalue weighted by atomic mass is 9.94. The maximum atomic E-state index is 11.6. The van der Waals surface area contributed by atoms with Crippen molar-refractivity contribution in [3.05, 3.63) is 52.0 Å². The van der Waals surface area contributed by atoms with E-state index in [9.17, 15) is 4.79 Å². The largest absolute Gasteiger partial charge is 0.325 e. The molecule has 0 aromatic heterocycles. The first kappa shape index (κ1) is 13.2. The molecule has 0 radical (unpaired) electrons. The van der Waals surface area contributed by atoms with Gasteiger partial charge in [0.2, 0.25) is 5.91 Å². The first-order chi connectivity index (χ1) is 9.60. The van der Waals surface area contributed by atoms with Crippen LogP contribution in [0.5, 0.6) is 0 Å². The van der Waals surface area contributed by atoms with Crippen LogP contribution in [0.15, 0.2) is 30.3 Å². The van der Waals surface area contributed by atoms with Gasteiger partial charge < -0.3 is 5.32 Å². The molecule has 0 spiro atoms. The quantitative estimate of drug-likeness (QED) is 0.872. The van der Waals surface area contributed by atoms with Gasteiger partial charge in [-0.25, -0.2) is 0 Å². The third kappa shape index (κ3) is 2.10. The van der Waals surface area contributed by atoms with Crippen molar-refractivity contribution >= 4 is 23.2 Å². The summed E-state index contributed by atoms with van der Waals surface area (Å²) in [7, 11) is 0. The molecule has 0 unspecified atom stereocenters. The van der Waals surface area contributed by atoms with E-state index in [4.69, 9.17) is 11.6 Å². The number of benzene rings is 2. The van der Waals surface area contributed by atoms with Gasteiger partial charge in [-0.3, -0.25) is 4.79 Å². The SMILES string of the molecule is CCc1cc(-c2c(C)cccc2Cl)cc2c1NC(=O)C2. The maximum Gasteiger partial charge on any atom is 0.228 e. The number of amides is 1. The second-order valence-corrected chi connectivity index (χ2v) is 5.59. The van der Waals surface area contributed by atoms with Crippen LogP contribution in [0.4, 0.5) is 5.69 Å². The Morgan fingerprint density at radius 1 is 1.30 bits per heavy atom. The van der Waals surface area contributed by atoms with E-state index in [1.54, 1.807) is 0 Å². The van der Waals surface area contributed by atoms with E-state index >= 15 is 0 Å². The fourth-order valence-corrected chi connectivity index (χ4v) is 3.18. The second-order valence-electron chi connectivity index (χ2n) is 5.18. The van der Waals surface area contributed by atoms with Crippen LogP contribution in [0.3, 0.4) is 0 Å². The number of hydrogen-bond acceptors (Lipinski definition) is 1. The first-order valence-corrected chi connectivity index (χ1v) is 7.19. The predicted molar refractivity (Wildman–Crippen MR) is 83.3 cm³/mol. The van der Waals surface area contributed by atoms with Gasteiger partial charge >= 0.3 is 0 Å². The minimum atomic E-state index is 0.0720. The van der Waals surface area contributed by atoms with Crippen LogP contribution < -0.4 is 5.32 Å². The number of fused-ring (bicyclic) bond motifs is 1. The molecule has 1 heterocycles. The normalized spacial score (nSPS) is 13.2. The number of aryl methyl sites for hydroxylation is 2. The summed E-state index contributed by atoms with van der Waals surface area (Å²) in [5.74, 6) is 0.0720. The van der Waals surface area contributed by atoms with Gasteiger partial charge in [-0.05, 0) is 53.8 Å². The van der Waals surface area contributed by atoms with Crippen LogP contribution in [0.25, 0.3) is 11.1 Å². The van der Waals surface area contributed by atoms with E-state index < -0.39 is 0 Å². The van der Waals surface area contributed by atoms with Crippen molar-refractivity contribution < 1.29 is 4.79 Å². The minimum Gasteiger partial charge on any atom is -0.325 e. The average Bonchev–Trinajstić information content (AvgIpc) is 2.77. The smallest absolute Gasteiger partial charge is 0.228 e. The second kappa shape index (κ2) is 4.95. The third-order valence-electron chi connectivity index (χ3n) is 3.81. The lowest BCUT2D eigenvalue weighted by Crippen LogP contribution is -2.04. The molecule has 0 saturated heterocycles. The van der Waals surface area contributed by atoms with E-state index in [1.165, 1.54) is 5.56 Å². The molecule has 20 heavy (non-hydrogen) atoms. The number of anilines is 1. The van der Waals surface area contributed by atoms with E-state index in [0.717, 1.165) is 39.4 Å². The number of rotatable bonds is 2. The van der Waals surface area contributed by atoms with Gasteiger partial charge in [0.1, 0.15) is 0 Å². The first-order valence-electron chi connectivity index (χ1n) is 6.81. The Hall–Kier alpha value is -1.80. The van der Waals surface area contributed by atoms with Gasteiger partial charge in [-0.15, -0.1) is 0 Å². The van der Waals surface area contributed by atoms with E-state index in [0.29, 0.717) is 6.42 Å². The molecule has 0 aliphatic carbocycles. The molecule has 0 atom stereocenters. The van der Waals surface area contributed by atoms with Crippen LogP contribution >= 0.6 is 11.6 Å². The maximum absolute atomic E-state index is 11.6. The molecule has 2 aromatic rings. The summed E-state index contributed by atoms with van der Waals surface area (Å²) >= 11 is 6.36. The zero-order valence-corrected chi connectivity index (χ0v) is 12.3. The molecular formula is C17H16ClNO. The molecule has 0 bridgehead atoms. The molecule has 2 nitrogen and oxygen atoms in total. The summed E-state index contributed by atoms with van der Waals surface area (Å²) in [6.45, 7) is 4.16. The fourth-order valence-electron chi connectivity index (χ4n) is 2.84. The van der Waals surface area contributed by atoms with E-state index in [1.807, 2.05) is 12.1 Å². The van der Waals surface area contributed by atoms with Gasteiger partial charge in [0, 0.05) is 16.3 Å². The minimum absolute atomic E-state index is 0.0720. The van der Waals surface area contributed by atoms with Gasteiger partial charge in [-0.2, -0.15) is 0 Å². The summed E-state index contributed by atoms with van der Waals surface area (Å²) in [6.07, 6.45) is 1.35. The van der Waals surface area contributed by atoms with Crippen molar-refractivity contribution in [1.29, 1.82) is 0 Å². The molecule has 0 fully saturated rings. The van der Waals surface area contributed by atoms with Crippen molar-refractivity contribution in [3.8, 4) is 11.1 Å². The molecule has 0 saturated carbocycles. The summed E-state index contributed by atoms with van der Waals surface area (Å²) in [5, 5.41) is 3.71. The topological polar surface area (TPSA) is 29.1 Å². The van der Waals surface area contributed by atoms with Crippen molar-refractivity contribution in [2.75, 3.05) is 5.32 Å². The Labute approximate surface area is 123 Å². The lowest BCUT2D eigenvalue weighted by Gasteiger charge is -2.13. The summed E-state index contributed by atoms with van der Waals surface area (Å²) in [4.78, 5) is 11.6. The lowest BCUT2D eigenvalue weighted by molar-refractivity contribution is -0.115.